The first kappa shape index (κ1) is 21.7. The normalized spacial score (nSPS) is 15.7. The summed E-state index contributed by atoms with van der Waals surface area (Å²) in [6.45, 7) is -0.455. The number of nitro benzene ring substituents is 1. The van der Waals surface area contributed by atoms with E-state index in [9.17, 15) is 24.5 Å². The fraction of sp³-hybridized carbons (Fsp3) is 0.211. The van der Waals surface area contributed by atoms with Crippen molar-refractivity contribution in [2.45, 2.75) is 6.42 Å². The number of ether oxygens (including phenoxy) is 1. The van der Waals surface area contributed by atoms with Gasteiger partial charge in [0.15, 0.2) is 6.61 Å². The lowest BCUT2D eigenvalue weighted by atomic mass is 10.1. The van der Waals surface area contributed by atoms with Crippen LogP contribution in [-0.2, 0) is 19.1 Å². The Bertz CT molecular complexity index is 1010. The van der Waals surface area contributed by atoms with Crippen molar-refractivity contribution in [3.8, 4) is 0 Å². The maximum absolute atomic E-state index is 12.3. The first-order chi connectivity index (χ1) is 14.2. The number of nitro groups is 1. The van der Waals surface area contributed by atoms with Gasteiger partial charge in [-0.15, -0.1) is 0 Å². The number of non-ortho nitro benzene ring substituents is 1. The maximum atomic E-state index is 12.3. The lowest BCUT2D eigenvalue weighted by Crippen LogP contribution is -2.28. The summed E-state index contributed by atoms with van der Waals surface area (Å²) < 4.78 is 5.79. The maximum Gasteiger partial charge on any atom is 0.311 e. The zero-order valence-corrected chi connectivity index (χ0v) is 17.7. The average molecular weight is 497 g/mol. The molecule has 156 valence electrons. The second kappa shape index (κ2) is 9.23. The van der Waals surface area contributed by atoms with Gasteiger partial charge in [-0.1, -0.05) is 27.5 Å². The summed E-state index contributed by atoms with van der Waals surface area (Å²) in [6, 6.07) is 10.4. The predicted molar refractivity (Wildman–Crippen MR) is 112 cm³/mol. The highest BCUT2D eigenvalue weighted by Gasteiger charge is 2.36. The topological polar surface area (TPSA) is 119 Å². The van der Waals surface area contributed by atoms with E-state index in [4.69, 9.17) is 16.3 Å². The number of esters is 1. The number of halogens is 2. The van der Waals surface area contributed by atoms with E-state index in [1.807, 2.05) is 0 Å². The van der Waals surface area contributed by atoms with E-state index in [-0.39, 0.29) is 24.6 Å². The number of nitrogens with zero attached hydrogens (tertiary/aromatic N) is 2. The van der Waals surface area contributed by atoms with E-state index in [1.54, 1.807) is 18.2 Å². The molecule has 1 atom stereocenters. The summed E-state index contributed by atoms with van der Waals surface area (Å²) in [6.07, 6.45) is -0.0734. The van der Waals surface area contributed by atoms with Crippen LogP contribution in [0.4, 0.5) is 17.1 Å². The molecule has 11 heteroatoms. The van der Waals surface area contributed by atoms with Crippen molar-refractivity contribution in [2.75, 3.05) is 23.4 Å². The molecule has 2 aromatic rings. The standard InChI is InChI=1S/C19H15BrClN3O6/c20-12-1-6-16(15(21)8-12)22-17(25)10-30-19(27)11-7-18(26)23(9-11)13-2-4-14(5-3-13)24(28)29/h1-6,8,11H,7,9-10H2,(H,22,25)/t11-/m0/s1. The number of hydrogen-bond donors (Lipinski definition) is 1. The van der Waals surface area contributed by atoms with Crippen LogP contribution in [0.2, 0.25) is 5.02 Å². The molecule has 1 aliphatic heterocycles. The summed E-state index contributed by atoms with van der Waals surface area (Å²) in [5.41, 5.74) is 0.725. The Balaban J connectivity index is 1.54. The molecule has 1 N–H and O–H groups in total. The number of benzene rings is 2. The lowest BCUT2D eigenvalue weighted by Gasteiger charge is -2.16. The molecule has 1 heterocycles. The lowest BCUT2D eigenvalue weighted by molar-refractivity contribution is -0.384. The Morgan fingerprint density at radius 2 is 1.97 bits per heavy atom. The van der Waals surface area contributed by atoms with Crippen LogP contribution in [0.3, 0.4) is 0 Å². The molecule has 3 rings (SSSR count). The predicted octanol–water partition coefficient (Wildman–Crippen LogP) is 3.55. The van der Waals surface area contributed by atoms with Crippen molar-refractivity contribution in [3.05, 3.63) is 62.1 Å². The molecule has 2 aromatic carbocycles. The summed E-state index contributed by atoms with van der Waals surface area (Å²) in [5.74, 6) is -2.29. The molecule has 30 heavy (non-hydrogen) atoms. The molecule has 0 bridgehead atoms. The zero-order valence-electron chi connectivity index (χ0n) is 15.3. The van der Waals surface area contributed by atoms with Crippen LogP contribution in [0.5, 0.6) is 0 Å². The molecular formula is C19H15BrClN3O6. The monoisotopic (exact) mass is 495 g/mol. The van der Waals surface area contributed by atoms with Crippen LogP contribution in [0.25, 0.3) is 0 Å². The number of carbonyl (C=O) groups is 3. The average Bonchev–Trinajstić information content (AvgIpc) is 3.10. The van der Waals surface area contributed by atoms with Crippen molar-refractivity contribution in [3.63, 3.8) is 0 Å². The number of nitrogens with one attached hydrogen (secondary N) is 1. The van der Waals surface area contributed by atoms with Gasteiger partial charge in [0.05, 0.1) is 21.6 Å². The van der Waals surface area contributed by atoms with Gasteiger partial charge in [-0.2, -0.15) is 0 Å². The molecule has 1 saturated heterocycles. The van der Waals surface area contributed by atoms with Gasteiger partial charge in [0.25, 0.3) is 11.6 Å². The van der Waals surface area contributed by atoms with E-state index < -0.39 is 29.3 Å². The van der Waals surface area contributed by atoms with Crippen molar-refractivity contribution in [2.24, 2.45) is 5.92 Å². The molecule has 0 aliphatic carbocycles. The minimum Gasteiger partial charge on any atom is -0.455 e. The van der Waals surface area contributed by atoms with Crippen molar-refractivity contribution < 1.29 is 24.0 Å². The Kier molecular flexibility index (Phi) is 6.68. The Hall–Kier alpha value is -2.98. The Labute approximate surface area is 184 Å². The molecule has 0 radical (unpaired) electrons. The highest BCUT2D eigenvalue weighted by molar-refractivity contribution is 9.10. The van der Waals surface area contributed by atoms with Crippen LogP contribution in [0, 0.1) is 16.0 Å². The van der Waals surface area contributed by atoms with Gasteiger partial charge in [0, 0.05) is 35.3 Å². The number of carbonyl (C=O) groups excluding carboxylic acids is 3. The first-order valence-corrected chi connectivity index (χ1v) is 9.88. The van der Waals surface area contributed by atoms with Crippen molar-refractivity contribution in [1.29, 1.82) is 0 Å². The second-order valence-electron chi connectivity index (χ2n) is 6.46. The van der Waals surface area contributed by atoms with Crippen LogP contribution in [0.1, 0.15) is 6.42 Å². The number of anilines is 2. The fourth-order valence-electron chi connectivity index (χ4n) is 2.90. The molecule has 1 fully saturated rings. The summed E-state index contributed by atoms with van der Waals surface area (Å²) in [5, 5.41) is 13.6. The first-order valence-electron chi connectivity index (χ1n) is 8.71. The van der Waals surface area contributed by atoms with Gasteiger partial charge in [-0.25, -0.2) is 0 Å². The quantitative estimate of drug-likeness (QED) is 0.371. The molecule has 2 amide bonds. The largest absolute Gasteiger partial charge is 0.455 e. The van der Waals surface area contributed by atoms with Gasteiger partial charge in [0.1, 0.15) is 0 Å². The number of hydrogen-bond acceptors (Lipinski definition) is 6. The molecule has 9 nitrogen and oxygen atoms in total. The smallest absolute Gasteiger partial charge is 0.311 e. The highest BCUT2D eigenvalue weighted by atomic mass is 79.9. The second-order valence-corrected chi connectivity index (χ2v) is 7.78. The van der Waals surface area contributed by atoms with Gasteiger partial charge < -0.3 is 15.0 Å². The SMILES string of the molecule is O=C(COC(=O)[C@H]1CC(=O)N(c2ccc([N+](=O)[O-])cc2)C1)Nc1ccc(Br)cc1Cl. The minimum atomic E-state index is -0.739. The van der Waals surface area contributed by atoms with E-state index in [0.29, 0.717) is 16.4 Å². The third kappa shape index (κ3) is 5.14. The molecular weight excluding hydrogens is 482 g/mol. The highest BCUT2D eigenvalue weighted by Crippen LogP contribution is 2.28. The number of rotatable bonds is 6. The van der Waals surface area contributed by atoms with Gasteiger partial charge in [0.2, 0.25) is 5.91 Å². The number of amides is 2. The third-order valence-corrected chi connectivity index (χ3v) is 5.19. The molecule has 1 aliphatic rings. The van der Waals surface area contributed by atoms with Gasteiger partial charge >= 0.3 is 5.97 Å². The van der Waals surface area contributed by atoms with Crippen LogP contribution < -0.4 is 10.2 Å². The van der Waals surface area contributed by atoms with E-state index in [1.165, 1.54) is 29.2 Å². The van der Waals surface area contributed by atoms with E-state index >= 15 is 0 Å². The van der Waals surface area contributed by atoms with Crippen LogP contribution in [-0.4, -0.2) is 35.9 Å². The van der Waals surface area contributed by atoms with Gasteiger partial charge in [-0.05, 0) is 30.3 Å². The molecule has 0 aromatic heterocycles. The fourth-order valence-corrected chi connectivity index (χ4v) is 3.62. The summed E-state index contributed by atoms with van der Waals surface area (Å²) >= 11 is 9.28. The molecule has 0 unspecified atom stereocenters. The van der Waals surface area contributed by atoms with E-state index in [0.717, 1.165) is 4.47 Å². The van der Waals surface area contributed by atoms with Crippen molar-refractivity contribution in [1.82, 2.24) is 0 Å². The van der Waals surface area contributed by atoms with Crippen LogP contribution >= 0.6 is 27.5 Å². The van der Waals surface area contributed by atoms with Crippen molar-refractivity contribution >= 4 is 62.4 Å². The summed E-state index contributed by atoms with van der Waals surface area (Å²) in [4.78, 5) is 48.1. The Morgan fingerprint density at radius 3 is 2.60 bits per heavy atom. The molecule has 0 spiro atoms. The summed E-state index contributed by atoms with van der Waals surface area (Å²) in [7, 11) is 0. The third-order valence-electron chi connectivity index (χ3n) is 4.38. The van der Waals surface area contributed by atoms with E-state index in [2.05, 4.69) is 21.2 Å². The zero-order chi connectivity index (χ0) is 21.8. The minimum absolute atomic E-state index is 0.0651. The molecule has 0 saturated carbocycles. The van der Waals surface area contributed by atoms with Crippen LogP contribution in [0.15, 0.2) is 46.9 Å². The van der Waals surface area contributed by atoms with Gasteiger partial charge in [-0.3, -0.25) is 24.5 Å². The Morgan fingerprint density at radius 1 is 1.27 bits per heavy atom.